The molecule has 0 aromatic heterocycles. The molecule has 0 bridgehead atoms. The van der Waals surface area contributed by atoms with Gasteiger partial charge in [-0.25, -0.2) is 0 Å². The van der Waals surface area contributed by atoms with Crippen LogP contribution in [0.2, 0.25) is 0 Å². The third kappa shape index (κ3) is 3.99. The van der Waals surface area contributed by atoms with Crippen LogP contribution in [-0.2, 0) is 9.53 Å². The van der Waals surface area contributed by atoms with Crippen molar-refractivity contribution in [2.24, 2.45) is 58.2 Å². The van der Waals surface area contributed by atoms with Gasteiger partial charge in [-0.05, 0) is 85.4 Å². The lowest BCUT2D eigenvalue weighted by Gasteiger charge is -2.59. The van der Waals surface area contributed by atoms with Crippen LogP contribution in [0.15, 0.2) is 0 Å². The zero-order valence-electron chi connectivity index (χ0n) is 22.2. The van der Waals surface area contributed by atoms with Gasteiger partial charge in [-0.15, -0.1) is 0 Å². The van der Waals surface area contributed by atoms with Crippen LogP contribution in [0.4, 0.5) is 0 Å². The molecule has 1 heterocycles. The number of ether oxygens (including phenoxy) is 1. The molecule has 1 saturated heterocycles. The van der Waals surface area contributed by atoms with Crippen molar-refractivity contribution in [1.82, 2.24) is 0 Å². The molecule has 0 aromatic carbocycles. The van der Waals surface area contributed by atoms with E-state index in [0.717, 1.165) is 51.4 Å². The molecule has 190 valence electrons. The minimum Gasteiger partial charge on any atom is -0.462 e. The minimum absolute atomic E-state index is 0.0288. The van der Waals surface area contributed by atoms with Gasteiger partial charge in [0.1, 0.15) is 6.10 Å². The van der Waals surface area contributed by atoms with Crippen molar-refractivity contribution in [2.45, 2.75) is 118 Å². The number of hydrogen-bond donors (Lipinski definition) is 2. The second kappa shape index (κ2) is 9.12. The topological polar surface area (TPSA) is 66.8 Å². The summed E-state index contributed by atoms with van der Waals surface area (Å²) in [7, 11) is 0. The van der Waals surface area contributed by atoms with E-state index in [1.54, 1.807) is 0 Å². The molecular weight excluding hydrogens is 412 g/mol. The van der Waals surface area contributed by atoms with Crippen LogP contribution in [0.25, 0.3) is 0 Å². The molecule has 4 fully saturated rings. The Labute approximate surface area is 202 Å². The van der Waals surface area contributed by atoms with Gasteiger partial charge in [0.15, 0.2) is 0 Å². The SMILES string of the molecule is CC[C@@H](C(C)C)[C@@H](O)[C@H](O)[C@@H](C)[C@H]1CCC2C3OC(=O)C4CC[C@@H](C)C[C@]4(C)C3CC[C@@]21C. The van der Waals surface area contributed by atoms with Crippen molar-refractivity contribution in [3.63, 3.8) is 0 Å². The molecule has 4 heteroatoms. The molecule has 4 rings (SSSR count). The van der Waals surface area contributed by atoms with Gasteiger partial charge in [0.2, 0.25) is 0 Å². The summed E-state index contributed by atoms with van der Waals surface area (Å²) >= 11 is 0. The second-order valence-electron chi connectivity index (χ2n) is 13.4. The average molecular weight is 463 g/mol. The molecule has 3 saturated carbocycles. The molecule has 0 radical (unpaired) electrons. The lowest BCUT2D eigenvalue weighted by Crippen LogP contribution is -2.60. The van der Waals surface area contributed by atoms with Gasteiger partial charge in [-0.3, -0.25) is 4.79 Å². The smallest absolute Gasteiger partial charge is 0.309 e. The van der Waals surface area contributed by atoms with Crippen molar-refractivity contribution in [2.75, 3.05) is 0 Å². The van der Waals surface area contributed by atoms with Crippen molar-refractivity contribution in [3.05, 3.63) is 0 Å². The first-order valence-electron chi connectivity index (χ1n) is 14.0. The number of rotatable bonds is 6. The largest absolute Gasteiger partial charge is 0.462 e. The van der Waals surface area contributed by atoms with Gasteiger partial charge in [0, 0.05) is 11.8 Å². The third-order valence-electron chi connectivity index (χ3n) is 11.5. The molecule has 4 aliphatic rings. The minimum atomic E-state index is -0.703. The quantitative estimate of drug-likeness (QED) is 0.487. The molecule has 2 N–H and O–H groups in total. The Balaban J connectivity index is 1.55. The van der Waals surface area contributed by atoms with Gasteiger partial charge in [0.25, 0.3) is 0 Å². The van der Waals surface area contributed by atoms with Gasteiger partial charge >= 0.3 is 5.97 Å². The fourth-order valence-electron chi connectivity index (χ4n) is 9.55. The Morgan fingerprint density at radius 2 is 1.64 bits per heavy atom. The van der Waals surface area contributed by atoms with E-state index in [-0.39, 0.29) is 40.7 Å². The van der Waals surface area contributed by atoms with Crippen LogP contribution >= 0.6 is 0 Å². The lowest BCUT2D eigenvalue weighted by atomic mass is 9.49. The first-order chi connectivity index (χ1) is 15.5. The Morgan fingerprint density at radius 3 is 2.27 bits per heavy atom. The predicted molar refractivity (Wildman–Crippen MR) is 131 cm³/mol. The maximum Gasteiger partial charge on any atom is 0.309 e. The van der Waals surface area contributed by atoms with E-state index >= 15 is 0 Å². The van der Waals surface area contributed by atoms with Crippen LogP contribution in [-0.4, -0.2) is 34.5 Å². The number of hydrogen-bond acceptors (Lipinski definition) is 4. The fourth-order valence-corrected chi connectivity index (χ4v) is 9.55. The summed E-state index contributed by atoms with van der Waals surface area (Å²) in [4.78, 5) is 13.2. The fraction of sp³-hybridized carbons (Fsp3) is 0.966. The molecule has 4 unspecified atom stereocenters. The number of carbonyl (C=O) groups is 1. The van der Waals surface area contributed by atoms with E-state index < -0.39 is 12.2 Å². The second-order valence-corrected chi connectivity index (χ2v) is 13.4. The van der Waals surface area contributed by atoms with E-state index in [4.69, 9.17) is 4.74 Å². The van der Waals surface area contributed by atoms with Crippen molar-refractivity contribution in [3.8, 4) is 0 Å². The zero-order chi connectivity index (χ0) is 24.3. The summed E-state index contributed by atoms with van der Waals surface area (Å²) in [5.74, 6) is 2.53. The number of esters is 1. The van der Waals surface area contributed by atoms with Gasteiger partial charge in [-0.2, -0.15) is 0 Å². The summed E-state index contributed by atoms with van der Waals surface area (Å²) in [5.41, 5.74) is 0.134. The maximum atomic E-state index is 13.2. The van der Waals surface area contributed by atoms with Gasteiger partial charge < -0.3 is 14.9 Å². The molecule has 4 nitrogen and oxygen atoms in total. The van der Waals surface area contributed by atoms with Crippen LogP contribution in [0.1, 0.15) is 99.8 Å². The summed E-state index contributed by atoms with van der Waals surface area (Å²) in [6.45, 7) is 15.7. The van der Waals surface area contributed by atoms with E-state index in [1.165, 1.54) is 0 Å². The Bertz CT molecular complexity index is 720. The lowest BCUT2D eigenvalue weighted by molar-refractivity contribution is -0.215. The number of aliphatic hydroxyl groups excluding tert-OH is 2. The summed E-state index contributed by atoms with van der Waals surface area (Å²) in [6, 6.07) is 0. The van der Waals surface area contributed by atoms with Crippen LogP contribution in [0.5, 0.6) is 0 Å². The zero-order valence-corrected chi connectivity index (χ0v) is 22.2. The standard InChI is InChI=1S/C29H50O4/c1-8-19(16(2)3)25(31)24(30)18(5)20-11-12-21-26-22(13-14-28(20,21)6)29(7)15-17(4)9-10-23(29)27(32)33-26/h16-26,30-31H,8-15H2,1-7H3/t17-,18+,19+,20-,21?,22?,23?,24-,25-,26?,28-,29-/m1/s1. The maximum absolute atomic E-state index is 13.2. The molecule has 0 amide bonds. The van der Waals surface area contributed by atoms with Gasteiger partial charge in [0.05, 0.1) is 18.1 Å². The predicted octanol–water partition coefficient (Wildman–Crippen LogP) is 5.84. The summed E-state index contributed by atoms with van der Waals surface area (Å²) < 4.78 is 6.31. The highest BCUT2D eigenvalue weighted by molar-refractivity contribution is 5.75. The molecule has 12 atom stereocenters. The summed E-state index contributed by atoms with van der Waals surface area (Å²) in [6.07, 6.45) is 7.19. The highest BCUT2D eigenvalue weighted by Gasteiger charge is 2.64. The molecule has 0 spiro atoms. The van der Waals surface area contributed by atoms with E-state index in [2.05, 4.69) is 48.5 Å². The first kappa shape index (κ1) is 25.5. The molecule has 33 heavy (non-hydrogen) atoms. The Morgan fingerprint density at radius 1 is 0.970 bits per heavy atom. The number of carbonyl (C=O) groups excluding carboxylic acids is 1. The highest BCUT2D eigenvalue weighted by Crippen LogP contribution is 2.66. The van der Waals surface area contributed by atoms with Crippen LogP contribution < -0.4 is 0 Å². The van der Waals surface area contributed by atoms with Crippen molar-refractivity contribution in [1.29, 1.82) is 0 Å². The van der Waals surface area contributed by atoms with E-state index in [0.29, 0.717) is 29.6 Å². The summed E-state index contributed by atoms with van der Waals surface area (Å²) in [5, 5.41) is 22.3. The number of fused-ring (bicyclic) bond motifs is 5. The third-order valence-corrected chi connectivity index (χ3v) is 11.5. The van der Waals surface area contributed by atoms with Crippen molar-refractivity contribution >= 4 is 5.97 Å². The number of aliphatic hydroxyl groups is 2. The molecule has 3 aliphatic carbocycles. The molecule has 0 aromatic rings. The van der Waals surface area contributed by atoms with E-state index in [9.17, 15) is 15.0 Å². The highest BCUT2D eigenvalue weighted by atomic mass is 16.5. The Hall–Kier alpha value is -0.610. The monoisotopic (exact) mass is 462 g/mol. The molecule has 1 aliphatic heterocycles. The Kier molecular flexibility index (Phi) is 7.04. The normalized spacial score (nSPS) is 46.5. The van der Waals surface area contributed by atoms with Gasteiger partial charge in [-0.1, -0.05) is 54.9 Å². The molecular formula is C29H50O4. The average Bonchev–Trinajstić information content (AvgIpc) is 3.09. The van der Waals surface area contributed by atoms with Crippen LogP contribution in [0, 0.1) is 58.2 Å². The van der Waals surface area contributed by atoms with Crippen molar-refractivity contribution < 1.29 is 19.7 Å². The first-order valence-corrected chi connectivity index (χ1v) is 14.0. The van der Waals surface area contributed by atoms with Crippen LogP contribution in [0.3, 0.4) is 0 Å². The van der Waals surface area contributed by atoms with E-state index in [1.807, 2.05) is 0 Å².